The molecule has 0 saturated carbocycles. The van der Waals surface area contributed by atoms with Crippen molar-refractivity contribution in [3.05, 3.63) is 29.8 Å². The lowest BCUT2D eigenvalue weighted by atomic mass is 10.1. The zero-order chi connectivity index (χ0) is 15.1. The molecule has 0 bridgehead atoms. The van der Waals surface area contributed by atoms with E-state index in [9.17, 15) is 14.4 Å². The van der Waals surface area contributed by atoms with Gasteiger partial charge in [0.25, 0.3) is 0 Å². The van der Waals surface area contributed by atoms with Crippen LogP contribution in [0.3, 0.4) is 0 Å². The van der Waals surface area contributed by atoms with Gasteiger partial charge in [-0.25, -0.2) is 9.59 Å². The highest BCUT2D eigenvalue weighted by Crippen LogP contribution is 2.11. The van der Waals surface area contributed by atoms with E-state index < -0.39 is 18.0 Å². The molecule has 0 aliphatic heterocycles. The molecule has 20 heavy (non-hydrogen) atoms. The predicted octanol–water partition coefficient (Wildman–Crippen LogP) is 1.11. The highest BCUT2D eigenvalue weighted by atomic mass is 16.5. The fourth-order valence-corrected chi connectivity index (χ4v) is 1.48. The Hall–Kier alpha value is -2.41. The van der Waals surface area contributed by atoms with Crippen LogP contribution >= 0.6 is 0 Å². The van der Waals surface area contributed by atoms with Crippen LogP contribution in [-0.4, -0.2) is 42.6 Å². The third-order valence-electron chi connectivity index (χ3n) is 2.46. The molecule has 7 nitrogen and oxygen atoms in total. The van der Waals surface area contributed by atoms with E-state index in [4.69, 9.17) is 9.84 Å². The summed E-state index contributed by atoms with van der Waals surface area (Å²) in [5.41, 5.74) is 0.853. The number of ketones is 1. The van der Waals surface area contributed by atoms with Crippen molar-refractivity contribution in [3.8, 4) is 0 Å². The molecule has 1 unspecified atom stereocenters. The number of hydrogen-bond donors (Lipinski definition) is 3. The van der Waals surface area contributed by atoms with Gasteiger partial charge in [0.15, 0.2) is 11.8 Å². The molecular weight excluding hydrogens is 264 g/mol. The fourth-order valence-electron chi connectivity index (χ4n) is 1.48. The van der Waals surface area contributed by atoms with E-state index in [2.05, 4.69) is 10.6 Å². The monoisotopic (exact) mass is 280 g/mol. The van der Waals surface area contributed by atoms with Crippen LogP contribution in [0.1, 0.15) is 17.3 Å². The minimum Gasteiger partial charge on any atom is -0.480 e. The highest BCUT2D eigenvalue weighted by Gasteiger charge is 2.19. The first-order chi connectivity index (χ1) is 9.43. The average Bonchev–Trinajstić information content (AvgIpc) is 2.38. The van der Waals surface area contributed by atoms with E-state index in [1.54, 1.807) is 18.2 Å². The second-order valence-electron chi connectivity index (χ2n) is 4.08. The van der Waals surface area contributed by atoms with Gasteiger partial charge in [0, 0.05) is 18.4 Å². The summed E-state index contributed by atoms with van der Waals surface area (Å²) in [6, 6.07) is 4.52. The zero-order valence-electron chi connectivity index (χ0n) is 11.2. The largest absolute Gasteiger partial charge is 0.480 e. The van der Waals surface area contributed by atoms with Crippen LogP contribution in [0.15, 0.2) is 24.3 Å². The van der Waals surface area contributed by atoms with E-state index in [0.29, 0.717) is 11.3 Å². The molecule has 0 fully saturated rings. The van der Waals surface area contributed by atoms with Crippen LogP contribution in [0.25, 0.3) is 0 Å². The Labute approximate surface area is 115 Å². The van der Waals surface area contributed by atoms with Crippen LogP contribution < -0.4 is 10.6 Å². The normalized spacial score (nSPS) is 11.5. The summed E-state index contributed by atoms with van der Waals surface area (Å²) in [6.45, 7) is 1.27. The van der Waals surface area contributed by atoms with Crippen molar-refractivity contribution in [2.24, 2.45) is 0 Å². The van der Waals surface area contributed by atoms with Gasteiger partial charge >= 0.3 is 12.0 Å². The summed E-state index contributed by atoms with van der Waals surface area (Å²) >= 11 is 0. The molecule has 2 amide bonds. The minimum absolute atomic E-state index is 0.128. The number of methoxy groups -OCH3 is 1. The standard InChI is InChI=1S/C13H16N2O5/c1-8(16)9-4-3-5-10(6-9)14-13(19)15-11(7-20-2)12(17)18/h3-6,11H,7H2,1-2H3,(H,17,18)(H2,14,15,19). The Morgan fingerprint density at radius 2 is 2.05 bits per heavy atom. The van der Waals surface area contributed by atoms with Gasteiger partial charge in [0.1, 0.15) is 0 Å². The molecule has 0 spiro atoms. The minimum atomic E-state index is -1.19. The number of carbonyl (C=O) groups excluding carboxylic acids is 2. The van der Waals surface area contributed by atoms with Crippen molar-refractivity contribution in [2.45, 2.75) is 13.0 Å². The van der Waals surface area contributed by atoms with Gasteiger partial charge in [-0.2, -0.15) is 0 Å². The number of ether oxygens (including phenoxy) is 1. The summed E-state index contributed by atoms with van der Waals surface area (Å²) in [4.78, 5) is 33.7. The summed E-state index contributed by atoms with van der Waals surface area (Å²) in [5, 5.41) is 13.6. The van der Waals surface area contributed by atoms with Gasteiger partial charge < -0.3 is 20.5 Å². The van der Waals surface area contributed by atoms with Crippen LogP contribution in [0.4, 0.5) is 10.5 Å². The van der Waals surface area contributed by atoms with E-state index >= 15 is 0 Å². The van der Waals surface area contributed by atoms with Crippen molar-refractivity contribution in [3.63, 3.8) is 0 Å². The van der Waals surface area contributed by atoms with E-state index in [0.717, 1.165) is 0 Å². The van der Waals surface area contributed by atoms with Crippen molar-refractivity contribution in [2.75, 3.05) is 19.0 Å². The quantitative estimate of drug-likeness (QED) is 0.677. The van der Waals surface area contributed by atoms with Crippen molar-refractivity contribution < 1.29 is 24.2 Å². The van der Waals surface area contributed by atoms with Gasteiger partial charge in [0.2, 0.25) is 0 Å². The van der Waals surface area contributed by atoms with Gasteiger partial charge in [-0.3, -0.25) is 4.79 Å². The van der Waals surface area contributed by atoms with Gasteiger partial charge in [-0.05, 0) is 19.1 Å². The van der Waals surface area contributed by atoms with Crippen LogP contribution in [0.5, 0.6) is 0 Å². The zero-order valence-corrected chi connectivity index (χ0v) is 11.2. The number of benzene rings is 1. The second kappa shape index (κ2) is 7.25. The molecule has 7 heteroatoms. The number of aliphatic carboxylic acids is 1. The number of hydrogen-bond acceptors (Lipinski definition) is 4. The van der Waals surface area contributed by atoms with Crippen LogP contribution in [0.2, 0.25) is 0 Å². The Balaban J connectivity index is 2.68. The van der Waals surface area contributed by atoms with E-state index in [-0.39, 0.29) is 12.4 Å². The topological polar surface area (TPSA) is 105 Å². The smallest absolute Gasteiger partial charge is 0.328 e. The summed E-state index contributed by atoms with van der Waals surface area (Å²) in [6.07, 6.45) is 0. The second-order valence-corrected chi connectivity index (χ2v) is 4.08. The molecule has 0 saturated heterocycles. The Morgan fingerprint density at radius 1 is 1.35 bits per heavy atom. The van der Waals surface area contributed by atoms with Gasteiger partial charge in [0.05, 0.1) is 6.61 Å². The molecule has 0 aliphatic rings. The SMILES string of the molecule is COCC(NC(=O)Nc1cccc(C(C)=O)c1)C(=O)O. The third kappa shape index (κ3) is 4.69. The predicted molar refractivity (Wildman–Crippen MR) is 71.9 cm³/mol. The maximum Gasteiger partial charge on any atom is 0.328 e. The molecular formula is C13H16N2O5. The van der Waals surface area contributed by atoms with Crippen molar-refractivity contribution in [1.82, 2.24) is 5.32 Å². The number of nitrogens with one attached hydrogen (secondary N) is 2. The van der Waals surface area contributed by atoms with Crippen LogP contribution in [0, 0.1) is 0 Å². The first-order valence-corrected chi connectivity index (χ1v) is 5.84. The summed E-state index contributed by atoms with van der Waals surface area (Å²) in [7, 11) is 1.34. The summed E-state index contributed by atoms with van der Waals surface area (Å²) < 4.78 is 4.70. The molecule has 108 valence electrons. The average molecular weight is 280 g/mol. The molecule has 0 aromatic heterocycles. The lowest BCUT2D eigenvalue weighted by Crippen LogP contribution is -2.45. The Kier molecular flexibility index (Phi) is 5.67. The number of rotatable bonds is 6. The first kappa shape index (κ1) is 15.6. The molecule has 3 N–H and O–H groups in total. The number of Topliss-reactive ketones (excluding diaryl/α,β-unsaturated/α-hetero) is 1. The molecule has 0 heterocycles. The maximum absolute atomic E-state index is 11.7. The molecule has 0 radical (unpaired) electrons. The number of carbonyl (C=O) groups is 3. The first-order valence-electron chi connectivity index (χ1n) is 5.84. The van der Waals surface area contributed by atoms with Gasteiger partial charge in [-0.15, -0.1) is 0 Å². The lowest BCUT2D eigenvalue weighted by molar-refractivity contribution is -0.140. The van der Waals surface area contributed by atoms with E-state index in [1.807, 2.05) is 0 Å². The molecule has 1 rings (SSSR count). The number of anilines is 1. The number of amides is 2. The van der Waals surface area contributed by atoms with E-state index in [1.165, 1.54) is 20.1 Å². The third-order valence-corrected chi connectivity index (χ3v) is 2.46. The fraction of sp³-hybridized carbons (Fsp3) is 0.308. The highest BCUT2D eigenvalue weighted by molar-refractivity contribution is 5.97. The molecule has 1 atom stereocenters. The Morgan fingerprint density at radius 3 is 2.60 bits per heavy atom. The van der Waals surface area contributed by atoms with Crippen LogP contribution in [-0.2, 0) is 9.53 Å². The lowest BCUT2D eigenvalue weighted by Gasteiger charge is -2.14. The van der Waals surface area contributed by atoms with Crippen molar-refractivity contribution >= 4 is 23.5 Å². The number of carboxylic acid groups (broad SMARTS) is 1. The van der Waals surface area contributed by atoms with Gasteiger partial charge in [-0.1, -0.05) is 12.1 Å². The number of urea groups is 1. The maximum atomic E-state index is 11.7. The number of carboxylic acids is 1. The molecule has 1 aromatic rings. The Bertz CT molecular complexity index is 515. The summed E-state index contributed by atoms with van der Waals surface area (Å²) in [5.74, 6) is -1.32. The molecule has 0 aliphatic carbocycles. The van der Waals surface area contributed by atoms with Crippen molar-refractivity contribution in [1.29, 1.82) is 0 Å². The molecule has 1 aromatic carbocycles.